The molecule has 0 saturated carbocycles. The van der Waals surface area contributed by atoms with Gasteiger partial charge in [-0.3, -0.25) is 14.6 Å². The highest BCUT2D eigenvalue weighted by Crippen LogP contribution is 2.40. The molecule has 1 atom stereocenters. The van der Waals surface area contributed by atoms with E-state index in [1.165, 1.54) is 51.9 Å². The van der Waals surface area contributed by atoms with E-state index < -0.39 is 23.9 Å². The van der Waals surface area contributed by atoms with Crippen LogP contribution in [0, 0.1) is 0 Å². The number of carboxylic acids is 4. The average Bonchev–Trinajstić information content (AvgIpc) is 3.95. The smallest absolute Gasteiger partial charge is 0.414 e. The van der Waals surface area contributed by atoms with Gasteiger partial charge in [0.05, 0.1) is 0 Å². The Hall–Kier alpha value is -5.31. The van der Waals surface area contributed by atoms with Gasteiger partial charge in [0.2, 0.25) is 0 Å². The Morgan fingerprint density at radius 1 is 0.698 bits per heavy atom. The number of thiophene rings is 1. The predicted molar refractivity (Wildman–Crippen MR) is 199 cm³/mol. The van der Waals surface area contributed by atoms with Crippen molar-refractivity contribution in [2.45, 2.75) is 45.1 Å². The largest absolute Gasteiger partial charge is 0.492 e. The van der Waals surface area contributed by atoms with E-state index in [-0.39, 0.29) is 5.78 Å². The molecule has 3 aromatic carbocycles. The van der Waals surface area contributed by atoms with Gasteiger partial charge in [0.1, 0.15) is 24.7 Å². The highest BCUT2D eigenvalue weighted by Gasteiger charge is 2.23. The van der Waals surface area contributed by atoms with Crippen molar-refractivity contribution in [3.8, 4) is 21.9 Å². The Kier molecular flexibility index (Phi) is 15.3. The molecule has 3 heterocycles. The van der Waals surface area contributed by atoms with Crippen molar-refractivity contribution in [3.63, 3.8) is 0 Å². The molecule has 2 saturated heterocycles. The third kappa shape index (κ3) is 11.9. The van der Waals surface area contributed by atoms with Crippen LogP contribution < -0.4 is 9.47 Å². The molecule has 2 aliphatic heterocycles. The summed E-state index contributed by atoms with van der Waals surface area (Å²) in [5.74, 6) is -5.57. The van der Waals surface area contributed by atoms with Gasteiger partial charge in [0.15, 0.2) is 5.78 Å². The molecule has 0 amide bonds. The normalized spacial score (nSPS) is 14.7. The molecule has 4 aromatic rings. The van der Waals surface area contributed by atoms with Crippen molar-refractivity contribution in [1.29, 1.82) is 0 Å². The maximum Gasteiger partial charge on any atom is 0.414 e. The fourth-order valence-corrected chi connectivity index (χ4v) is 7.31. The third-order valence-corrected chi connectivity index (χ3v) is 10.1. The Morgan fingerprint density at radius 3 is 1.79 bits per heavy atom. The van der Waals surface area contributed by atoms with E-state index in [2.05, 4.69) is 41.0 Å². The summed E-state index contributed by atoms with van der Waals surface area (Å²) in [7, 11) is 0. The summed E-state index contributed by atoms with van der Waals surface area (Å²) in [6.07, 6.45) is 6.23. The highest BCUT2D eigenvalue weighted by atomic mass is 32.1. The molecule has 1 aromatic heterocycles. The molecule has 2 aliphatic rings. The van der Waals surface area contributed by atoms with Crippen LogP contribution in [0.15, 0.2) is 72.8 Å². The van der Waals surface area contributed by atoms with Crippen LogP contribution in [0.25, 0.3) is 20.5 Å². The van der Waals surface area contributed by atoms with Gasteiger partial charge >= 0.3 is 23.9 Å². The van der Waals surface area contributed by atoms with Gasteiger partial charge in [-0.25, -0.2) is 19.2 Å². The average molecular weight is 749 g/mol. The van der Waals surface area contributed by atoms with E-state index in [1.807, 2.05) is 48.5 Å². The van der Waals surface area contributed by atoms with E-state index in [1.54, 1.807) is 11.3 Å². The van der Waals surface area contributed by atoms with Crippen molar-refractivity contribution in [2.75, 3.05) is 45.9 Å². The molecule has 282 valence electrons. The lowest BCUT2D eigenvalue weighted by molar-refractivity contribution is -0.159. The molecule has 6 rings (SSSR count). The number of ketones is 1. The SMILES string of the molecule is CCC(COc1ccc(C(=O)c2c(-c3ccc(OCCN4CCCC4)cc3)sc3ccccc23)cc1)N1CCCC1.O=C(O)C(=O)O.O=C(O)C(=O)O. The summed E-state index contributed by atoms with van der Waals surface area (Å²) in [6.45, 7) is 9.27. The summed E-state index contributed by atoms with van der Waals surface area (Å²) in [6, 6.07) is 24.5. The lowest BCUT2D eigenvalue weighted by atomic mass is 9.97. The van der Waals surface area contributed by atoms with Gasteiger partial charge in [-0.1, -0.05) is 25.1 Å². The topological polar surface area (TPSA) is 191 Å². The fourth-order valence-electron chi connectivity index (χ4n) is 6.10. The van der Waals surface area contributed by atoms with E-state index in [0.717, 1.165) is 50.6 Å². The fraction of sp³-hybridized carbons (Fsp3) is 0.359. The highest BCUT2D eigenvalue weighted by molar-refractivity contribution is 7.22. The molecular formula is C39H44N2O11S. The second kappa shape index (κ2) is 20.1. The quantitative estimate of drug-likeness (QED) is 0.1000. The van der Waals surface area contributed by atoms with Crippen molar-refractivity contribution in [2.24, 2.45) is 0 Å². The summed E-state index contributed by atoms with van der Waals surface area (Å²) in [5, 5.41) is 30.6. The number of nitrogens with zero attached hydrogens (tertiary/aromatic N) is 2. The summed E-state index contributed by atoms with van der Waals surface area (Å²) in [4.78, 5) is 56.4. The molecule has 1 unspecified atom stereocenters. The third-order valence-electron chi connectivity index (χ3n) is 8.87. The molecule has 0 spiro atoms. The number of benzene rings is 3. The van der Waals surface area contributed by atoms with Crippen LogP contribution in [-0.4, -0.2) is 112 Å². The zero-order chi connectivity index (χ0) is 38.3. The number of fused-ring (bicyclic) bond motifs is 1. The minimum Gasteiger partial charge on any atom is -0.492 e. The second-order valence-electron chi connectivity index (χ2n) is 12.4. The predicted octanol–water partition coefficient (Wildman–Crippen LogP) is 5.84. The van der Waals surface area contributed by atoms with E-state index in [9.17, 15) is 4.79 Å². The number of carbonyl (C=O) groups excluding carboxylic acids is 1. The Balaban J connectivity index is 0.000000453. The molecule has 14 heteroatoms. The minimum absolute atomic E-state index is 0.0402. The molecule has 0 radical (unpaired) electrons. The molecule has 0 bridgehead atoms. The number of hydrogen-bond donors (Lipinski definition) is 4. The van der Waals surface area contributed by atoms with Crippen LogP contribution >= 0.6 is 11.3 Å². The summed E-state index contributed by atoms with van der Waals surface area (Å²) < 4.78 is 13.3. The Morgan fingerprint density at radius 2 is 1.23 bits per heavy atom. The van der Waals surface area contributed by atoms with Crippen LogP contribution in [0.5, 0.6) is 11.5 Å². The molecule has 2 fully saturated rings. The monoisotopic (exact) mass is 748 g/mol. The number of carboxylic acid groups (broad SMARTS) is 4. The zero-order valence-corrected chi connectivity index (χ0v) is 30.3. The first-order chi connectivity index (χ1) is 25.5. The van der Waals surface area contributed by atoms with Crippen LogP contribution in [-0.2, 0) is 19.2 Å². The lowest BCUT2D eigenvalue weighted by Gasteiger charge is -2.26. The second-order valence-corrected chi connectivity index (χ2v) is 13.5. The van der Waals surface area contributed by atoms with E-state index in [4.69, 9.17) is 49.1 Å². The van der Waals surface area contributed by atoms with Crippen LogP contribution in [0.1, 0.15) is 54.9 Å². The number of hydrogen-bond acceptors (Lipinski definition) is 10. The molecule has 0 aliphatic carbocycles. The molecular weight excluding hydrogens is 704 g/mol. The van der Waals surface area contributed by atoms with Gasteiger partial charge in [-0.15, -0.1) is 11.3 Å². The zero-order valence-electron chi connectivity index (χ0n) is 29.4. The van der Waals surface area contributed by atoms with Crippen LogP contribution in [0.4, 0.5) is 0 Å². The Labute approximate surface area is 311 Å². The maximum absolute atomic E-state index is 14.0. The van der Waals surface area contributed by atoms with Gasteiger partial charge < -0.3 is 29.9 Å². The number of ether oxygens (including phenoxy) is 2. The molecule has 13 nitrogen and oxygen atoms in total. The first-order valence-corrected chi connectivity index (χ1v) is 18.2. The summed E-state index contributed by atoms with van der Waals surface area (Å²) in [5.41, 5.74) is 2.48. The van der Waals surface area contributed by atoms with Gasteiger partial charge in [-0.2, -0.15) is 0 Å². The van der Waals surface area contributed by atoms with E-state index >= 15 is 0 Å². The van der Waals surface area contributed by atoms with Crippen molar-refractivity contribution in [3.05, 3.63) is 83.9 Å². The minimum atomic E-state index is -1.82. The number of rotatable bonds is 12. The van der Waals surface area contributed by atoms with Crippen LogP contribution in [0.3, 0.4) is 0 Å². The first kappa shape index (κ1) is 40.5. The number of likely N-dealkylation sites (tertiary alicyclic amines) is 2. The maximum atomic E-state index is 14.0. The Bertz CT molecular complexity index is 1800. The summed E-state index contributed by atoms with van der Waals surface area (Å²) >= 11 is 1.67. The van der Waals surface area contributed by atoms with E-state index in [0.29, 0.717) is 24.8 Å². The van der Waals surface area contributed by atoms with Crippen molar-refractivity contribution >= 4 is 51.1 Å². The van der Waals surface area contributed by atoms with Gasteiger partial charge in [0.25, 0.3) is 0 Å². The lowest BCUT2D eigenvalue weighted by Crippen LogP contribution is -2.36. The molecule has 53 heavy (non-hydrogen) atoms. The van der Waals surface area contributed by atoms with Crippen LogP contribution in [0.2, 0.25) is 0 Å². The first-order valence-electron chi connectivity index (χ1n) is 17.4. The number of carbonyl (C=O) groups is 5. The van der Waals surface area contributed by atoms with Gasteiger partial charge in [0, 0.05) is 38.7 Å². The standard InChI is InChI=1S/C35H40N2O3S.2C2H2O4/c1-2-28(37-21-7-8-22-37)25-40-30-15-11-26(12-16-30)34(38)33-31-9-3-4-10-32(31)41-35(33)27-13-17-29(18-14-27)39-24-23-36-19-5-6-20-36;2*3-1(4)2(5)6/h3-4,9-18,28H,2,5-8,19-25H2,1H3;2*(H,3,4)(H,5,6). The number of aliphatic carboxylic acids is 4. The van der Waals surface area contributed by atoms with Crippen molar-refractivity contribution in [1.82, 2.24) is 9.80 Å². The van der Waals surface area contributed by atoms with Gasteiger partial charge in [-0.05, 0) is 118 Å². The molecule has 4 N–H and O–H groups in total. The van der Waals surface area contributed by atoms with Crippen molar-refractivity contribution < 1.29 is 53.9 Å².